The van der Waals surface area contributed by atoms with Crippen molar-refractivity contribution < 1.29 is 29.9 Å². The van der Waals surface area contributed by atoms with E-state index in [1.54, 1.807) is 0 Å². The highest BCUT2D eigenvalue weighted by molar-refractivity contribution is 4.92. The first-order chi connectivity index (χ1) is 13.6. The largest absolute Gasteiger partial charge is 0.391 e. The van der Waals surface area contributed by atoms with E-state index in [4.69, 9.17) is 9.47 Å². The summed E-state index contributed by atoms with van der Waals surface area (Å²) in [5, 5.41) is 38.9. The zero-order valence-electron chi connectivity index (χ0n) is 17.9. The van der Waals surface area contributed by atoms with Gasteiger partial charge in [-0.3, -0.25) is 0 Å². The van der Waals surface area contributed by atoms with Gasteiger partial charge in [-0.1, -0.05) is 90.4 Å². The smallest absolute Gasteiger partial charge is 0.221 e. The molecule has 4 N–H and O–H groups in total. The third-order valence-electron chi connectivity index (χ3n) is 5.73. The number of rotatable bonds is 17. The third-order valence-corrected chi connectivity index (χ3v) is 5.73. The Labute approximate surface area is 171 Å². The second kappa shape index (κ2) is 15.6. The Hall–Kier alpha value is -0.240. The number of ether oxygens (including phenoxy) is 2. The van der Waals surface area contributed by atoms with E-state index in [1.165, 1.54) is 70.6 Å². The Bertz CT molecular complexity index is 367. The Morgan fingerprint density at radius 3 is 1.71 bits per heavy atom. The third kappa shape index (κ3) is 9.51. The minimum Gasteiger partial charge on any atom is -0.391 e. The quantitative estimate of drug-likeness (QED) is 0.278. The molecule has 1 aliphatic rings. The normalized spacial score (nSPS) is 28.0. The van der Waals surface area contributed by atoms with Crippen LogP contribution < -0.4 is 0 Å². The average Bonchev–Trinajstić information content (AvgIpc) is 2.71. The fourth-order valence-corrected chi connectivity index (χ4v) is 3.73. The van der Waals surface area contributed by atoms with Gasteiger partial charge in [-0.2, -0.15) is 0 Å². The number of aliphatic hydroxyl groups excluding tert-OH is 4. The number of hydrogen-bond acceptors (Lipinski definition) is 6. The molecule has 28 heavy (non-hydrogen) atoms. The van der Waals surface area contributed by atoms with Gasteiger partial charge < -0.3 is 29.9 Å². The molecule has 6 nitrogen and oxygen atoms in total. The Balaban J connectivity index is 1.95. The van der Waals surface area contributed by atoms with Crippen molar-refractivity contribution in [2.45, 2.75) is 121 Å². The second-order valence-electron chi connectivity index (χ2n) is 8.23. The summed E-state index contributed by atoms with van der Waals surface area (Å²) in [7, 11) is 0. The minimum absolute atomic E-state index is 0.169. The van der Waals surface area contributed by atoms with E-state index in [1.807, 2.05) is 0 Å². The first kappa shape index (κ1) is 25.8. The van der Waals surface area contributed by atoms with Crippen LogP contribution in [0.3, 0.4) is 0 Å². The van der Waals surface area contributed by atoms with Gasteiger partial charge >= 0.3 is 0 Å². The second-order valence-corrected chi connectivity index (χ2v) is 8.23. The first-order valence-corrected chi connectivity index (χ1v) is 11.5. The molecular weight excluding hydrogens is 360 g/mol. The van der Waals surface area contributed by atoms with Crippen LogP contribution in [0.25, 0.3) is 0 Å². The van der Waals surface area contributed by atoms with E-state index in [0.29, 0.717) is 6.61 Å². The molecule has 0 aromatic rings. The summed E-state index contributed by atoms with van der Waals surface area (Å²) in [4.78, 5) is 0. The molecule has 1 aliphatic heterocycles. The van der Waals surface area contributed by atoms with Crippen LogP contribution >= 0.6 is 0 Å². The molecule has 0 aromatic heterocycles. The molecule has 0 spiro atoms. The molecule has 1 heterocycles. The molecule has 0 aliphatic carbocycles. The van der Waals surface area contributed by atoms with Gasteiger partial charge in [0, 0.05) is 0 Å². The van der Waals surface area contributed by atoms with Gasteiger partial charge in [0.05, 0.1) is 13.2 Å². The van der Waals surface area contributed by atoms with Crippen molar-refractivity contribution in [1.29, 1.82) is 0 Å². The summed E-state index contributed by atoms with van der Waals surface area (Å²) in [5.41, 5.74) is 0. The van der Waals surface area contributed by atoms with Crippen LogP contribution in [0.15, 0.2) is 0 Å². The fourth-order valence-electron chi connectivity index (χ4n) is 3.73. The molecule has 6 heteroatoms. The molecule has 0 amide bonds. The van der Waals surface area contributed by atoms with Crippen molar-refractivity contribution in [1.82, 2.24) is 0 Å². The van der Waals surface area contributed by atoms with E-state index in [9.17, 15) is 20.4 Å². The summed E-state index contributed by atoms with van der Waals surface area (Å²) in [6.45, 7) is 1.87. The molecule has 0 aromatic carbocycles. The molecule has 0 unspecified atom stereocenters. The summed E-state index contributed by atoms with van der Waals surface area (Å²) in [6.07, 6.45) is 13.8. The molecule has 0 bridgehead atoms. The van der Waals surface area contributed by atoms with E-state index in [2.05, 4.69) is 6.92 Å². The molecule has 1 rings (SSSR count). The summed E-state index contributed by atoms with van der Waals surface area (Å²) < 4.78 is 10.9. The van der Waals surface area contributed by atoms with Gasteiger partial charge in [0.1, 0.15) is 24.9 Å². The van der Waals surface area contributed by atoms with Crippen LogP contribution in [-0.2, 0) is 9.47 Å². The lowest BCUT2D eigenvalue weighted by molar-refractivity contribution is -0.348. The van der Waals surface area contributed by atoms with Crippen molar-refractivity contribution in [3.63, 3.8) is 0 Å². The maximum atomic E-state index is 10.1. The van der Waals surface area contributed by atoms with Crippen molar-refractivity contribution in [3.05, 3.63) is 0 Å². The Morgan fingerprint density at radius 2 is 1.25 bits per heavy atom. The molecule has 168 valence electrons. The summed E-state index contributed by atoms with van der Waals surface area (Å²) >= 11 is 0. The van der Waals surface area contributed by atoms with Crippen molar-refractivity contribution in [2.24, 2.45) is 0 Å². The van der Waals surface area contributed by atoms with E-state index >= 15 is 0 Å². The number of hydrogen-bond donors (Lipinski definition) is 4. The van der Waals surface area contributed by atoms with Gasteiger partial charge in [-0.25, -0.2) is 0 Å². The summed E-state index contributed by atoms with van der Waals surface area (Å²) in [6, 6.07) is 0. The van der Waals surface area contributed by atoms with Crippen LogP contribution in [0.2, 0.25) is 0 Å². The van der Waals surface area contributed by atoms with Gasteiger partial charge in [-0.05, 0) is 6.42 Å². The average molecular weight is 405 g/mol. The van der Waals surface area contributed by atoms with E-state index in [-0.39, 0.29) is 6.61 Å². The van der Waals surface area contributed by atoms with Gasteiger partial charge in [0.25, 0.3) is 0 Å². The van der Waals surface area contributed by atoms with Crippen molar-refractivity contribution in [2.75, 3.05) is 19.8 Å². The van der Waals surface area contributed by atoms with Crippen LogP contribution in [-0.4, -0.2) is 64.3 Å². The maximum Gasteiger partial charge on any atom is 0.221 e. The van der Waals surface area contributed by atoms with Crippen LogP contribution in [0.1, 0.15) is 96.8 Å². The highest BCUT2D eigenvalue weighted by Gasteiger charge is 2.50. The van der Waals surface area contributed by atoms with E-state index < -0.39 is 30.7 Å². The predicted octanol–water partition coefficient (Wildman–Crippen LogP) is 3.29. The molecule has 1 saturated heterocycles. The van der Waals surface area contributed by atoms with Crippen LogP contribution in [0.4, 0.5) is 0 Å². The molecule has 4 atom stereocenters. The minimum atomic E-state index is -1.63. The van der Waals surface area contributed by atoms with Crippen LogP contribution in [0, 0.1) is 0 Å². The summed E-state index contributed by atoms with van der Waals surface area (Å²) in [5.74, 6) is -1.63. The van der Waals surface area contributed by atoms with Gasteiger partial charge in [-0.15, -0.1) is 0 Å². The lowest BCUT2D eigenvalue weighted by Crippen LogP contribution is -2.63. The SMILES string of the molecule is CCCCCCCCCCCCCCCCO[C@]1(CO)OC[C@@H](O)[C@@H](O)[C@@H]1O. The standard InChI is InChI=1S/C22H44O6/c1-2-3-4-5-6-7-8-9-10-11-12-13-14-15-16-27-22(18-23)21(26)20(25)19(24)17-28-22/h19-21,23-26H,2-18H2,1H3/t19-,20-,21+,22-/m1/s1. The first-order valence-electron chi connectivity index (χ1n) is 11.5. The monoisotopic (exact) mass is 404 g/mol. The Kier molecular flexibility index (Phi) is 14.4. The highest BCUT2D eigenvalue weighted by atomic mass is 16.7. The topological polar surface area (TPSA) is 99.4 Å². The molecular formula is C22H44O6. The van der Waals surface area contributed by atoms with E-state index in [0.717, 1.165) is 19.3 Å². The van der Waals surface area contributed by atoms with Crippen molar-refractivity contribution in [3.8, 4) is 0 Å². The molecule has 0 radical (unpaired) electrons. The number of unbranched alkanes of at least 4 members (excludes halogenated alkanes) is 13. The van der Waals surface area contributed by atoms with Crippen molar-refractivity contribution >= 4 is 0 Å². The molecule has 0 saturated carbocycles. The van der Waals surface area contributed by atoms with Crippen LogP contribution in [0.5, 0.6) is 0 Å². The Morgan fingerprint density at radius 1 is 0.786 bits per heavy atom. The lowest BCUT2D eigenvalue weighted by Gasteiger charge is -2.43. The van der Waals surface area contributed by atoms with Gasteiger partial charge in [0.2, 0.25) is 5.79 Å². The van der Waals surface area contributed by atoms with Gasteiger partial charge in [0.15, 0.2) is 0 Å². The molecule has 1 fully saturated rings. The number of aliphatic hydroxyl groups is 4. The predicted molar refractivity (Wildman–Crippen MR) is 110 cm³/mol. The maximum absolute atomic E-state index is 10.1. The zero-order chi connectivity index (χ0) is 20.7. The lowest BCUT2D eigenvalue weighted by atomic mass is 9.97. The fraction of sp³-hybridized carbons (Fsp3) is 1.00. The zero-order valence-corrected chi connectivity index (χ0v) is 17.9. The highest BCUT2D eigenvalue weighted by Crippen LogP contribution is 2.27.